The Morgan fingerprint density at radius 3 is 2.89 bits per heavy atom. The van der Waals surface area contributed by atoms with E-state index >= 15 is 0 Å². The zero-order valence-corrected chi connectivity index (χ0v) is 11.6. The molecule has 0 saturated carbocycles. The number of benzene rings is 1. The van der Waals surface area contributed by atoms with Gasteiger partial charge in [-0.2, -0.15) is 0 Å². The monoisotopic (exact) mass is 318 g/mol. The number of hydrogen-bond acceptors (Lipinski definition) is 2. The molecule has 1 atom stereocenters. The molecule has 2 amide bonds. The highest BCUT2D eigenvalue weighted by atomic mass is 79.9. The Hall–Kier alpha value is -1.14. The Labute approximate surface area is 114 Å². The normalized spacial score (nSPS) is 12.0. The summed E-state index contributed by atoms with van der Waals surface area (Å²) in [4.78, 5) is 11.7. The molecule has 0 radical (unpaired) electrons. The lowest BCUT2D eigenvalue weighted by atomic mass is 10.2. The van der Waals surface area contributed by atoms with E-state index in [1.807, 2.05) is 6.92 Å². The number of hydrogen-bond donors (Lipinski definition) is 3. The third-order valence-electron chi connectivity index (χ3n) is 2.48. The predicted molar refractivity (Wildman–Crippen MR) is 72.0 cm³/mol. The topological polar surface area (TPSA) is 61.4 Å². The van der Waals surface area contributed by atoms with Crippen LogP contribution in [0.1, 0.15) is 19.8 Å². The minimum atomic E-state index is -0.420. The van der Waals surface area contributed by atoms with Gasteiger partial charge in [0.05, 0.1) is 5.69 Å². The van der Waals surface area contributed by atoms with Crippen LogP contribution in [0.3, 0.4) is 0 Å². The SMILES string of the molecule is CCC(CCO)NC(=O)Nc1cc(F)ccc1Br. The first kappa shape index (κ1) is 14.9. The number of anilines is 1. The maximum Gasteiger partial charge on any atom is 0.319 e. The summed E-state index contributed by atoms with van der Waals surface area (Å²) >= 11 is 3.22. The van der Waals surface area contributed by atoms with Crippen molar-refractivity contribution in [2.24, 2.45) is 0 Å². The molecular weight excluding hydrogens is 303 g/mol. The van der Waals surface area contributed by atoms with Gasteiger partial charge >= 0.3 is 6.03 Å². The van der Waals surface area contributed by atoms with Gasteiger partial charge < -0.3 is 15.7 Å². The van der Waals surface area contributed by atoms with Crippen LogP contribution < -0.4 is 10.6 Å². The fourth-order valence-corrected chi connectivity index (χ4v) is 1.82. The van der Waals surface area contributed by atoms with Crippen LogP contribution in [-0.2, 0) is 0 Å². The number of aliphatic hydroxyl groups excluding tert-OH is 1. The molecule has 3 N–H and O–H groups in total. The first-order valence-electron chi connectivity index (χ1n) is 5.70. The molecule has 4 nitrogen and oxygen atoms in total. The van der Waals surface area contributed by atoms with Gasteiger partial charge in [0.2, 0.25) is 0 Å². The van der Waals surface area contributed by atoms with Gasteiger partial charge in [0.25, 0.3) is 0 Å². The van der Waals surface area contributed by atoms with Gasteiger partial charge in [-0.1, -0.05) is 6.92 Å². The lowest BCUT2D eigenvalue weighted by molar-refractivity contribution is 0.237. The van der Waals surface area contributed by atoms with E-state index in [2.05, 4.69) is 26.6 Å². The summed E-state index contributed by atoms with van der Waals surface area (Å²) < 4.78 is 13.6. The lowest BCUT2D eigenvalue weighted by Crippen LogP contribution is -2.38. The summed E-state index contributed by atoms with van der Waals surface area (Å²) in [7, 11) is 0. The molecule has 0 spiro atoms. The van der Waals surface area contributed by atoms with Crippen LogP contribution in [-0.4, -0.2) is 23.8 Å². The number of amides is 2. The van der Waals surface area contributed by atoms with Crippen molar-refractivity contribution in [3.05, 3.63) is 28.5 Å². The summed E-state index contributed by atoms with van der Waals surface area (Å²) in [6.45, 7) is 1.93. The van der Waals surface area contributed by atoms with Crippen molar-refractivity contribution in [1.29, 1.82) is 0 Å². The summed E-state index contributed by atoms with van der Waals surface area (Å²) in [5.41, 5.74) is 0.367. The van der Waals surface area contributed by atoms with Gasteiger partial charge in [-0.25, -0.2) is 9.18 Å². The second kappa shape index (κ2) is 7.33. The largest absolute Gasteiger partial charge is 0.396 e. The molecule has 0 aliphatic rings. The van der Waals surface area contributed by atoms with Gasteiger partial charge in [-0.15, -0.1) is 0 Å². The van der Waals surface area contributed by atoms with Gasteiger partial charge in [0.1, 0.15) is 5.82 Å². The number of urea groups is 1. The Morgan fingerprint density at radius 2 is 2.28 bits per heavy atom. The number of halogens is 2. The average Bonchev–Trinajstić information content (AvgIpc) is 2.33. The summed E-state index contributed by atoms with van der Waals surface area (Å²) in [6.07, 6.45) is 1.21. The van der Waals surface area contributed by atoms with E-state index in [9.17, 15) is 9.18 Å². The molecular formula is C12H16BrFN2O2. The fourth-order valence-electron chi connectivity index (χ4n) is 1.47. The van der Waals surface area contributed by atoms with Crippen molar-refractivity contribution >= 4 is 27.6 Å². The first-order valence-corrected chi connectivity index (χ1v) is 6.49. The van der Waals surface area contributed by atoms with E-state index in [-0.39, 0.29) is 12.6 Å². The maximum atomic E-state index is 13.0. The maximum absolute atomic E-state index is 13.0. The highest BCUT2D eigenvalue weighted by Crippen LogP contribution is 2.22. The number of aliphatic hydroxyl groups is 1. The molecule has 1 rings (SSSR count). The van der Waals surface area contributed by atoms with E-state index in [1.54, 1.807) is 0 Å². The van der Waals surface area contributed by atoms with E-state index in [4.69, 9.17) is 5.11 Å². The van der Waals surface area contributed by atoms with Gasteiger partial charge in [0, 0.05) is 17.1 Å². The van der Waals surface area contributed by atoms with Crippen molar-refractivity contribution < 1.29 is 14.3 Å². The molecule has 0 heterocycles. The number of carbonyl (C=O) groups excluding carboxylic acids is 1. The molecule has 1 aromatic carbocycles. The Morgan fingerprint density at radius 1 is 1.56 bits per heavy atom. The Balaban J connectivity index is 2.61. The molecule has 0 aliphatic heterocycles. The highest BCUT2D eigenvalue weighted by molar-refractivity contribution is 9.10. The summed E-state index contributed by atoms with van der Waals surface area (Å²) in [5, 5.41) is 14.1. The van der Waals surface area contributed by atoms with Crippen LogP contribution in [0.25, 0.3) is 0 Å². The standard InChI is InChI=1S/C12H16BrFN2O2/c1-2-9(5-6-17)15-12(18)16-11-7-8(14)3-4-10(11)13/h3-4,7,9,17H,2,5-6H2,1H3,(H2,15,16,18). The van der Waals surface area contributed by atoms with Gasteiger partial charge in [0.15, 0.2) is 0 Å². The fraction of sp³-hybridized carbons (Fsp3) is 0.417. The second-order valence-electron chi connectivity index (χ2n) is 3.84. The van der Waals surface area contributed by atoms with E-state index < -0.39 is 11.8 Å². The van der Waals surface area contributed by atoms with E-state index in [0.717, 1.165) is 6.42 Å². The Kier molecular flexibility index (Phi) is 6.07. The van der Waals surface area contributed by atoms with Crippen LogP contribution in [0.5, 0.6) is 0 Å². The van der Waals surface area contributed by atoms with Crippen molar-refractivity contribution in [1.82, 2.24) is 5.32 Å². The predicted octanol–water partition coefficient (Wildman–Crippen LogP) is 2.87. The van der Waals surface area contributed by atoms with Crippen molar-refractivity contribution in [2.45, 2.75) is 25.8 Å². The number of nitrogens with one attached hydrogen (secondary N) is 2. The molecule has 0 fully saturated rings. The molecule has 100 valence electrons. The summed E-state index contributed by atoms with van der Waals surface area (Å²) in [5.74, 6) is -0.420. The van der Waals surface area contributed by atoms with E-state index in [1.165, 1.54) is 18.2 Å². The lowest BCUT2D eigenvalue weighted by Gasteiger charge is -2.16. The zero-order chi connectivity index (χ0) is 13.5. The van der Waals surface area contributed by atoms with Crippen LogP contribution >= 0.6 is 15.9 Å². The molecule has 0 saturated heterocycles. The quantitative estimate of drug-likeness (QED) is 0.781. The van der Waals surface area contributed by atoms with Gasteiger partial charge in [-0.05, 0) is 47.0 Å². The third-order valence-corrected chi connectivity index (χ3v) is 3.17. The smallest absolute Gasteiger partial charge is 0.319 e. The van der Waals surface area contributed by atoms with Crippen LogP contribution in [0.4, 0.5) is 14.9 Å². The van der Waals surface area contributed by atoms with Crippen molar-refractivity contribution in [3.63, 3.8) is 0 Å². The number of carbonyl (C=O) groups is 1. The highest BCUT2D eigenvalue weighted by Gasteiger charge is 2.11. The molecule has 0 bridgehead atoms. The first-order chi connectivity index (χ1) is 8.56. The third kappa shape index (κ3) is 4.62. The molecule has 18 heavy (non-hydrogen) atoms. The Bertz CT molecular complexity index is 415. The summed E-state index contributed by atoms with van der Waals surface area (Å²) in [6, 6.07) is 3.55. The van der Waals surface area contributed by atoms with Gasteiger partial charge in [-0.3, -0.25) is 0 Å². The van der Waals surface area contributed by atoms with Crippen molar-refractivity contribution in [3.8, 4) is 0 Å². The van der Waals surface area contributed by atoms with Crippen molar-refractivity contribution in [2.75, 3.05) is 11.9 Å². The van der Waals surface area contributed by atoms with Crippen LogP contribution in [0.15, 0.2) is 22.7 Å². The van der Waals surface area contributed by atoms with Crippen LogP contribution in [0, 0.1) is 5.82 Å². The van der Waals surface area contributed by atoms with Crippen LogP contribution in [0.2, 0.25) is 0 Å². The van der Waals surface area contributed by atoms with E-state index in [0.29, 0.717) is 16.6 Å². The average molecular weight is 319 g/mol. The minimum absolute atomic E-state index is 0.0163. The number of rotatable bonds is 5. The minimum Gasteiger partial charge on any atom is -0.396 e. The second-order valence-corrected chi connectivity index (χ2v) is 4.69. The zero-order valence-electron chi connectivity index (χ0n) is 10.0. The molecule has 0 aromatic heterocycles. The molecule has 0 aliphatic carbocycles. The molecule has 6 heteroatoms. The molecule has 1 aromatic rings. The molecule has 1 unspecified atom stereocenters.